The number of nitrogens with zero attached hydrogens (tertiary/aromatic N) is 2. The highest BCUT2D eigenvalue weighted by Gasteiger charge is 2.15. The van der Waals surface area contributed by atoms with Gasteiger partial charge in [-0.2, -0.15) is 0 Å². The molecule has 0 aliphatic carbocycles. The van der Waals surface area contributed by atoms with Crippen molar-refractivity contribution in [3.8, 4) is 5.75 Å². The Bertz CT molecular complexity index is 611. The zero-order chi connectivity index (χ0) is 16.7. The summed E-state index contributed by atoms with van der Waals surface area (Å²) in [5.41, 5.74) is 1.05. The summed E-state index contributed by atoms with van der Waals surface area (Å²) in [4.78, 5) is 20.5. The van der Waals surface area contributed by atoms with E-state index in [1.54, 1.807) is 20.3 Å². The molecule has 23 heavy (non-hydrogen) atoms. The third-order valence-electron chi connectivity index (χ3n) is 3.62. The van der Waals surface area contributed by atoms with Crippen molar-refractivity contribution < 1.29 is 9.53 Å². The summed E-state index contributed by atoms with van der Waals surface area (Å²) in [6.07, 6.45) is 4.45. The summed E-state index contributed by atoms with van der Waals surface area (Å²) in [6.45, 7) is 2.80. The molecule has 0 radical (unpaired) electrons. The number of ether oxygens (including phenoxy) is 1. The monoisotopic (exact) mass is 316 g/mol. The second kappa shape index (κ2) is 8.33. The Morgan fingerprint density at radius 2 is 2.17 bits per heavy atom. The van der Waals surface area contributed by atoms with Crippen LogP contribution in [0.3, 0.4) is 0 Å². The van der Waals surface area contributed by atoms with Crippen LogP contribution < -0.4 is 10.1 Å². The molecular formula is C17H24N4O2. The first kappa shape index (κ1) is 17.0. The van der Waals surface area contributed by atoms with E-state index < -0.39 is 0 Å². The highest BCUT2D eigenvalue weighted by Crippen LogP contribution is 2.27. The molecule has 1 aromatic heterocycles. The summed E-state index contributed by atoms with van der Waals surface area (Å²) in [5, 5.41) is 3.47. The number of aromatic amines is 1. The van der Waals surface area contributed by atoms with E-state index in [1.807, 2.05) is 30.5 Å². The second-order valence-corrected chi connectivity index (χ2v) is 5.49. The minimum absolute atomic E-state index is 0.0403. The van der Waals surface area contributed by atoms with E-state index in [0.717, 1.165) is 23.6 Å². The molecular weight excluding hydrogens is 292 g/mol. The Kier molecular flexibility index (Phi) is 6.17. The quantitative estimate of drug-likeness (QED) is 0.782. The predicted molar refractivity (Wildman–Crippen MR) is 89.1 cm³/mol. The zero-order valence-corrected chi connectivity index (χ0v) is 13.9. The fourth-order valence-corrected chi connectivity index (χ4v) is 2.26. The molecule has 0 bridgehead atoms. The first-order valence-corrected chi connectivity index (χ1v) is 7.75. The van der Waals surface area contributed by atoms with Crippen LogP contribution in [0.1, 0.15) is 30.8 Å². The molecule has 0 fully saturated rings. The average Bonchev–Trinajstić information content (AvgIpc) is 3.07. The number of nitrogens with one attached hydrogen (secondary N) is 2. The molecule has 0 aliphatic rings. The molecule has 2 aromatic rings. The summed E-state index contributed by atoms with van der Waals surface area (Å²) in [6, 6.07) is 7.95. The van der Waals surface area contributed by atoms with E-state index in [9.17, 15) is 4.79 Å². The number of benzene rings is 1. The fourth-order valence-electron chi connectivity index (χ4n) is 2.26. The molecule has 1 amide bonds. The van der Waals surface area contributed by atoms with Gasteiger partial charge in [0.2, 0.25) is 0 Å². The van der Waals surface area contributed by atoms with Gasteiger partial charge in [-0.25, -0.2) is 4.98 Å². The molecule has 1 unspecified atom stereocenters. The Morgan fingerprint density at radius 1 is 1.39 bits per heavy atom. The van der Waals surface area contributed by atoms with Gasteiger partial charge in [-0.3, -0.25) is 4.79 Å². The van der Waals surface area contributed by atoms with Crippen LogP contribution in [-0.4, -0.2) is 41.5 Å². The van der Waals surface area contributed by atoms with Crippen molar-refractivity contribution in [2.45, 2.75) is 25.9 Å². The highest BCUT2D eigenvalue weighted by atomic mass is 16.5. The number of likely N-dealkylation sites (N-methyl/N-ethyl adjacent to an activating group) is 1. The van der Waals surface area contributed by atoms with E-state index in [2.05, 4.69) is 22.2 Å². The van der Waals surface area contributed by atoms with Gasteiger partial charge in [0.05, 0.1) is 6.54 Å². The van der Waals surface area contributed by atoms with Crippen molar-refractivity contribution in [1.82, 2.24) is 20.2 Å². The Balaban J connectivity index is 2.05. The van der Waals surface area contributed by atoms with Gasteiger partial charge in [0.15, 0.2) is 6.61 Å². The summed E-state index contributed by atoms with van der Waals surface area (Å²) >= 11 is 0. The van der Waals surface area contributed by atoms with E-state index in [0.29, 0.717) is 6.54 Å². The fraction of sp³-hybridized carbons (Fsp3) is 0.412. The summed E-state index contributed by atoms with van der Waals surface area (Å²) < 4.78 is 5.73. The van der Waals surface area contributed by atoms with Gasteiger partial charge in [0.1, 0.15) is 11.6 Å². The number of rotatable bonds is 8. The standard InChI is InChI=1S/C17H24N4O2/c1-4-14(20-11-16-18-9-10-19-16)13-7-5-6-8-15(13)23-12-17(22)21(2)3/h5-10,14,20H,4,11-12H2,1-3H3,(H,18,19). The Labute approximate surface area is 136 Å². The second-order valence-electron chi connectivity index (χ2n) is 5.49. The van der Waals surface area contributed by atoms with Crippen LogP contribution in [0, 0.1) is 0 Å². The maximum atomic E-state index is 11.7. The van der Waals surface area contributed by atoms with Gasteiger partial charge in [-0.1, -0.05) is 25.1 Å². The topological polar surface area (TPSA) is 70.2 Å². The van der Waals surface area contributed by atoms with E-state index in [4.69, 9.17) is 4.74 Å². The van der Waals surface area contributed by atoms with Gasteiger partial charge < -0.3 is 19.9 Å². The molecule has 2 N–H and O–H groups in total. The number of amides is 1. The molecule has 124 valence electrons. The number of carbonyl (C=O) groups excluding carboxylic acids is 1. The number of hydrogen-bond donors (Lipinski definition) is 2. The minimum atomic E-state index is -0.0589. The molecule has 1 heterocycles. The van der Waals surface area contributed by atoms with E-state index in [-0.39, 0.29) is 18.6 Å². The summed E-state index contributed by atoms with van der Waals surface area (Å²) in [7, 11) is 3.44. The van der Waals surface area contributed by atoms with Crippen LogP contribution in [-0.2, 0) is 11.3 Å². The lowest BCUT2D eigenvalue weighted by Crippen LogP contribution is -2.28. The third-order valence-corrected chi connectivity index (χ3v) is 3.62. The van der Waals surface area contributed by atoms with Gasteiger partial charge in [-0.15, -0.1) is 0 Å². The van der Waals surface area contributed by atoms with Gasteiger partial charge >= 0.3 is 0 Å². The number of carbonyl (C=O) groups is 1. The number of imidazole rings is 1. The largest absolute Gasteiger partial charge is 0.483 e. The highest BCUT2D eigenvalue weighted by molar-refractivity contribution is 5.77. The SMILES string of the molecule is CCC(NCc1ncc[nH]1)c1ccccc1OCC(=O)N(C)C. The molecule has 1 aromatic carbocycles. The predicted octanol–water partition coefficient (Wildman–Crippen LogP) is 2.12. The van der Waals surface area contributed by atoms with Crippen molar-refractivity contribution in [3.63, 3.8) is 0 Å². The summed E-state index contributed by atoms with van der Waals surface area (Å²) in [5.74, 6) is 1.57. The van der Waals surface area contributed by atoms with Crippen LogP contribution in [0.4, 0.5) is 0 Å². The number of aromatic nitrogens is 2. The zero-order valence-electron chi connectivity index (χ0n) is 13.9. The first-order valence-electron chi connectivity index (χ1n) is 7.75. The van der Waals surface area contributed by atoms with Crippen LogP contribution in [0.25, 0.3) is 0 Å². The Morgan fingerprint density at radius 3 is 2.83 bits per heavy atom. The van der Waals surface area contributed by atoms with Crippen molar-refractivity contribution in [1.29, 1.82) is 0 Å². The Hall–Kier alpha value is -2.34. The van der Waals surface area contributed by atoms with Gasteiger partial charge in [-0.05, 0) is 12.5 Å². The molecule has 6 heteroatoms. The molecule has 2 rings (SSSR count). The maximum Gasteiger partial charge on any atom is 0.259 e. The van der Waals surface area contributed by atoms with E-state index >= 15 is 0 Å². The average molecular weight is 316 g/mol. The van der Waals surface area contributed by atoms with Crippen molar-refractivity contribution in [2.24, 2.45) is 0 Å². The molecule has 0 saturated heterocycles. The number of hydrogen-bond acceptors (Lipinski definition) is 4. The molecule has 6 nitrogen and oxygen atoms in total. The normalized spacial score (nSPS) is 12.0. The van der Waals surface area contributed by atoms with Crippen molar-refractivity contribution >= 4 is 5.91 Å². The van der Waals surface area contributed by atoms with Crippen LogP contribution in [0.5, 0.6) is 5.75 Å². The molecule has 0 saturated carbocycles. The lowest BCUT2D eigenvalue weighted by atomic mass is 10.0. The molecule has 0 aliphatic heterocycles. The maximum absolute atomic E-state index is 11.7. The lowest BCUT2D eigenvalue weighted by molar-refractivity contribution is -0.130. The van der Waals surface area contributed by atoms with Gasteiger partial charge in [0.25, 0.3) is 5.91 Å². The van der Waals surface area contributed by atoms with Crippen LogP contribution in [0.15, 0.2) is 36.7 Å². The molecule has 0 spiro atoms. The van der Waals surface area contributed by atoms with E-state index in [1.165, 1.54) is 4.90 Å². The first-order chi connectivity index (χ1) is 11.1. The van der Waals surface area contributed by atoms with Gasteiger partial charge in [0, 0.05) is 38.1 Å². The number of para-hydroxylation sites is 1. The third kappa shape index (κ3) is 4.82. The lowest BCUT2D eigenvalue weighted by Gasteiger charge is -2.20. The van der Waals surface area contributed by atoms with Crippen molar-refractivity contribution in [3.05, 3.63) is 48.0 Å². The van der Waals surface area contributed by atoms with Crippen LogP contribution >= 0.6 is 0 Å². The van der Waals surface area contributed by atoms with Crippen molar-refractivity contribution in [2.75, 3.05) is 20.7 Å². The minimum Gasteiger partial charge on any atom is -0.483 e. The van der Waals surface area contributed by atoms with Crippen LogP contribution in [0.2, 0.25) is 0 Å². The molecule has 1 atom stereocenters. The smallest absolute Gasteiger partial charge is 0.259 e. The number of H-pyrrole nitrogens is 1.